The van der Waals surface area contributed by atoms with Crippen LogP contribution in [0.3, 0.4) is 0 Å². The van der Waals surface area contributed by atoms with Crippen molar-refractivity contribution in [3.63, 3.8) is 0 Å². The van der Waals surface area contributed by atoms with E-state index < -0.39 is 0 Å². The van der Waals surface area contributed by atoms with Crippen LogP contribution in [-0.2, 0) is 4.79 Å². The van der Waals surface area contributed by atoms with E-state index in [1.807, 2.05) is 13.0 Å². The Morgan fingerprint density at radius 3 is 2.78 bits per heavy atom. The fourth-order valence-corrected chi connectivity index (χ4v) is 0.600. The lowest BCUT2D eigenvalue weighted by molar-refractivity contribution is 0.561. The Morgan fingerprint density at radius 2 is 2.33 bits per heavy atom. The lowest BCUT2D eigenvalue weighted by Gasteiger charge is -1.88. The molecule has 0 N–H and O–H groups in total. The molecule has 9 heavy (non-hydrogen) atoms. The predicted molar refractivity (Wildman–Crippen MR) is 33.8 cm³/mol. The number of hydrogen-bond acceptors (Lipinski definition) is 2. The van der Waals surface area contributed by atoms with E-state index in [0.717, 1.165) is 5.69 Å². The zero-order valence-electron chi connectivity index (χ0n) is 5.09. The Labute approximate surface area is 53.5 Å². The molecule has 0 aliphatic carbocycles. The van der Waals surface area contributed by atoms with E-state index in [-0.39, 0.29) is 0 Å². The van der Waals surface area contributed by atoms with Crippen molar-refractivity contribution in [3.8, 4) is 0 Å². The number of carbonyl (C=O) groups excluding carboxylic acids is 1. The minimum absolute atomic E-state index is 0.370. The van der Waals surface area contributed by atoms with Crippen molar-refractivity contribution in [3.05, 3.63) is 29.6 Å². The van der Waals surface area contributed by atoms with Crippen molar-refractivity contribution in [1.82, 2.24) is 4.98 Å². The molecule has 1 radical (unpaired) electrons. The Bertz CT molecular complexity index is 220. The van der Waals surface area contributed by atoms with Gasteiger partial charge in [-0.3, -0.25) is 4.79 Å². The lowest BCUT2D eigenvalue weighted by atomic mass is 10.3. The molecule has 1 rings (SSSR count). The highest BCUT2D eigenvalue weighted by Gasteiger charge is 1.89. The van der Waals surface area contributed by atoms with E-state index in [4.69, 9.17) is 0 Å². The Balaban J connectivity index is 3.07. The number of pyridine rings is 1. The summed E-state index contributed by atoms with van der Waals surface area (Å²) >= 11 is 0. The first-order valence-electron chi connectivity index (χ1n) is 2.65. The first-order chi connectivity index (χ1) is 4.33. The van der Waals surface area contributed by atoms with E-state index in [0.29, 0.717) is 5.69 Å². The van der Waals surface area contributed by atoms with E-state index in [1.54, 1.807) is 18.4 Å². The van der Waals surface area contributed by atoms with Crippen LogP contribution < -0.4 is 0 Å². The van der Waals surface area contributed by atoms with Gasteiger partial charge in [0.05, 0.1) is 0 Å². The molecule has 0 amide bonds. The molecule has 0 aromatic carbocycles. The molecular formula is C7H6NO. The summed E-state index contributed by atoms with van der Waals surface area (Å²) in [4.78, 5) is 13.8. The first kappa shape index (κ1) is 5.95. The molecule has 0 saturated carbocycles. The van der Waals surface area contributed by atoms with Gasteiger partial charge in [-0.2, -0.15) is 0 Å². The maximum atomic E-state index is 9.97. The SMILES string of the molecule is Cc1cccc([C]=O)n1. The van der Waals surface area contributed by atoms with Crippen LogP contribution in [0.4, 0.5) is 0 Å². The van der Waals surface area contributed by atoms with Crippen LogP contribution in [0.5, 0.6) is 0 Å². The fourth-order valence-electron chi connectivity index (χ4n) is 0.600. The highest BCUT2D eigenvalue weighted by Crippen LogP contribution is 1.93. The summed E-state index contributed by atoms with van der Waals surface area (Å²) < 4.78 is 0. The predicted octanol–water partition coefficient (Wildman–Crippen LogP) is 0.848. The van der Waals surface area contributed by atoms with Gasteiger partial charge in [-0.05, 0) is 19.1 Å². The van der Waals surface area contributed by atoms with Gasteiger partial charge in [-0.15, -0.1) is 0 Å². The van der Waals surface area contributed by atoms with Crippen LogP contribution in [0, 0.1) is 6.92 Å². The summed E-state index contributed by atoms with van der Waals surface area (Å²) in [5.74, 6) is 0. The van der Waals surface area contributed by atoms with Gasteiger partial charge in [-0.25, -0.2) is 4.98 Å². The average molecular weight is 120 g/mol. The highest BCUT2D eigenvalue weighted by molar-refractivity contribution is 5.71. The molecule has 0 unspecified atom stereocenters. The summed E-state index contributed by atoms with van der Waals surface area (Å²) in [5.41, 5.74) is 1.21. The molecule has 0 aliphatic heterocycles. The summed E-state index contributed by atoms with van der Waals surface area (Å²) in [6, 6.07) is 5.24. The van der Waals surface area contributed by atoms with Crippen LogP contribution in [0.25, 0.3) is 0 Å². The van der Waals surface area contributed by atoms with Crippen molar-refractivity contribution in [2.75, 3.05) is 0 Å². The largest absolute Gasteiger partial charge is 0.283 e. The van der Waals surface area contributed by atoms with Gasteiger partial charge in [0.15, 0.2) is 0 Å². The molecular weight excluding hydrogens is 114 g/mol. The number of aromatic nitrogens is 1. The van der Waals surface area contributed by atoms with Gasteiger partial charge in [0.1, 0.15) is 5.69 Å². The molecule has 1 aromatic rings. The van der Waals surface area contributed by atoms with E-state index in [2.05, 4.69) is 4.98 Å². The van der Waals surface area contributed by atoms with Gasteiger partial charge >= 0.3 is 0 Å². The minimum Gasteiger partial charge on any atom is -0.283 e. The Kier molecular flexibility index (Phi) is 1.58. The first-order valence-corrected chi connectivity index (χ1v) is 2.65. The maximum absolute atomic E-state index is 9.97. The van der Waals surface area contributed by atoms with E-state index >= 15 is 0 Å². The van der Waals surface area contributed by atoms with Gasteiger partial charge < -0.3 is 0 Å². The Morgan fingerprint density at radius 1 is 1.56 bits per heavy atom. The van der Waals surface area contributed by atoms with Crippen molar-refractivity contribution < 1.29 is 4.79 Å². The summed E-state index contributed by atoms with van der Waals surface area (Å²) in [7, 11) is 0. The topological polar surface area (TPSA) is 30.0 Å². The summed E-state index contributed by atoms with van der Waals surface area (Å²) in [5, 5.41) is 0. The molecule has 0 spiro atoms. The number of aryl methyl sites for hydroxylation is 1. The second-order valence-corrected chi connectivity index (χ2v) is 1.77. The average Bonchev–Trinajstić information content (AvgIpc) is 1.88. The van der Waals surface area contributed by atoms with Crippen LogP contribution in [0.15, 0.2) is 18.2 Å². The summed E-state index contributed by atoms with van der Waals surface area (Å²) in [6.45, 7) is 1.83. The molecule has 0 aliphatic rings. The molecule has 1 aromatic heterocycles. The Hall–Kier alpha value is -1.18. The molecule has 0 atom stereocenters. The molecule has 2 nitrogen and oxygen atoms in total. The molecule has 0 bridgehead atoms. The van der Waals surface area contributed by atoms with Crippen LogP contribution in [0.1, 0.15) is 11.4 Å². The fraction of sp³-hybridized carbons (Fsp3) is 0.143. The van der Waals surface area contributed by atoms with Crippen molar-refractivity contribution in [2.45, 2.75) is 6.92 Å². The van der Waals surface area contributed by atoms with Crippen LogP contribution >= 0.6 is 0 Å². The van der Waals surface area contributed by atoms with E-state index in [1.165, 1.54) is 0 Å². The monoisotopic (exact) mass is 120 g/mol. The molecule has 0 saturated heterocycles. The number of nitrogens with zero attached hydrogens (tertiary/aromatic N) is 1. The number of rotatable bonds is 1. The third-order valence-corrected chi connectivity index (χ3v) is 0.993. The van der Waals surface area contributed by atoms with E-state index in [9.17, 15) is 4.79 Å². The van der Waals surface area contributed by atoms with Gasteiger partial charge in [0, 0.05) is 5.69 Å². The van der Waals surface area contributed by atoms with Gasteiger partial charge in [0.25, 0.3) is 6.29 Å². The maximum Gasteiger partial charge on any atom is 0.253 e. The van der Waals surface area contributed by atoms with Crippen LogP contribution in [-0.4, -0.2) is 11.3 Å². The zero-order valence-corrected chi connectivity index (χ0v) is 5.09. The molecule has 0 fully saturated rings. The zero-order chi connectivity index (χ0) is 6.69. The minimum atomic E-state index is 0.370. The second-order valence-electron chi connectivity index (χ2n) is 1.77. The summed E-state index contributed by atoms with van der Waals surface area (Å²) in [6.07, 6.45) is 1.71. The van der Waals surface area contributed by atoms with Crippen molar-refractivity contribution in [1.29, 1.82) is 0 Å². The normalized spacial score (nSPS) is 9.00. The lowest BCUT2D eigenvalue weighted by Crippen LogP contribution is -1.87. The second kappa shape index (κ2) is 2.40. The smallest absolute Gasteiger partial charge is 0.253 e. The standard InChI is InChI=1S/C7H6NO/c1-6-3-2-4-7(5-9)8-6/h2-4H,1H3. The quantitative estimate of drug-likeness (QED) is 0.549. The van der Waals surface area contributed by atoms with Crippen molar-refractivity contribution >= 4 is 6.29 Å². The van der Waals surface area contributed by atoms with Gasteiger partial charge in [0.2, 0.25) is 0 Å². The van der Waals surface area contributed by atoms with Crippen LogP contribution in [0.2, 0.25) is 0 Å². The van der Waals surface area contributed by atoms with Gasteiger partial charge in [-0.1, -0.05) is 6.07 Å². The van der Waals surface area contributed by atoms with Crippen molar-refractivity contribution in [2.24, 2.45) is 0 Å². The third kappa shape index (κ3) is 1.35. The highest BCUT2D eigenvalue weighted by atomic mass is 16.1. The molecule has 45 valence electrons. The molecule has 2 heteroatoms. The third-order valence-electron chi connectivity index (χ3n) is 0.993. The molecule has 1 heterocycles. The number of hydrogen-bond donors (Lipinski definition) is 0.